The van der Waals surface area contributed by atoms with Crippen LogP contribution in [-0.2, 0) is 5.41 Å². The summed E-state index contributed by atoms with van der Waals surface area (Å²) >= 11 is 6.23. The lowest BCUT2D eigenvalue weighted by Gasteiger charge is -2.23. The number of nitrogens with one attached hydrogen (secondary N) is 2. The molecular weight excluding hydrogens is 402 g/mol. The molecule has 0 spiro atoms. The molecule has 0 aromatic heterocycles. The molecule has 1 aliphatic carbocycles. The number of benzene rings is 4. The lowest BCUT2D eigenvalue weighted by atomic mass is 9.82. The number of hydrogen-bond donors (Lipinski definition) is 3. The van der Waals surface area contributed by atoms with Crippen molar-refractivity contribution in [3.63, 3.8) is 0 Å². The van der Waals surface area contributed by atoms with Crippen molar-refractivity contribution in [1.82, 2.24) is 0 Å². The van der Waals surface area contributed by atoms with Gasteiger partial charge in [0.05, 0.1) is 22.7 Å². The van der Waals surface area contributed by atoms with Crippen LogP contribution >= 0.6 is 11.6 Å². The number of hydrogen-bond acceptors (Lipinski definition) is 3. The van der Waals surface area contributed by atoms with Gasteiger partial charge in [-0.2, -0.15) is 0 Å². The number of fused-ring (bicyclic) bond motifs is 3. The van der Waals surface area contributed by atoms with Crippen LogP contribution in [0, 0.1) is 0 Å². The van der Waals surface area contributed by atoms with Crippen molar-refractivity contribution >= 4 is 40.0 Å². The van der Waals surface area contributed by atoms with E-state index in [0.29, 0.717) is 10.7 Å². The fraction of sp³-hybridized carbons (Fsp3) is 0.111. The molecule has 0 radical (unpaired) electrons. The van der Waals surface area contributed by atoms with Gasteiger partial charge >= 0.3 is 0 Å². The molecule has 0 unspecified atom stereocenters. The van der Waals surface area contributed by atoms with Crippen LogP contribution in [0.1, 0.15) is 25.0 Å². The average Bonchev–Trinajstić information content (AvgIpc) is 2.97. The van der Waals surface area contributed by atoms with Crippen molar-refractivity contribution in [2.24, 2.45) is 0 Å². The van der Waals surface area contributed by atoms with Crippen LogP contribution in [0.15, 0.2) is 84.9 Å². The molecule has 4 aromatic carbocycles. The zero-order chi connectivity index (χ0) is 21.6. The summed E-state index contributed by atoms with van der Waals surface area (Å²) < 4.78 is 0. The molecule has 0 heterocycles. The van der Waals surface area contributed by atoms with Gasteiger partial charge in [-0.1, -0.05) is 67.9 Å². The maximum Gasteiger partial charge on any atom is 0.0630 e. The second-order valence-corrected chi connectivity index (χ2v) is 8.90. The molecule has 1 aliphatic rings. The van der Waals surface area contributed by atoms with E-state index in [1.807, 2.05) is 48.5 Å². The van der Waals surface area contributed by atoms with Gasteiger partial charge in [-0.25, -0.2) is 0 Å². The SMILES string of the molecule is CC1(C)c2ccccc2-c2cc(Nc3ccccc3N)c(Nc3cccc(Cl)c3)cc21. The summed E-state index contributed by atoms with van der Waals surface area (Å²) in [5, 5.41) is 7.80. The van der Waals surface area contributed by atoms with Crippen molar-refractivity contribution in [3.8, 4) is 11.1 Å². The summed E-state index contributed by atoms with van der Waals surface area (Å²) in [5.41, 5.74) is 15.8. The predicted molar refractivity (Wildman–Crippen MR) is 133 cm³/mol. The summed E-state index contributed by atoms with van der Waals surface area (Å²) in [4.78, 5) is 0. The smallest absolute Gasteiger partial charge is 0.0630 e. The Kier molecular flexibility index (Phi) is 4.64. The van der Waals surface area contributed by atoms with E-state index in [1.54, 1.807) is 0 Å². The van der Waals surface area contributed by atoms with Crippen molar-refractivity contribution in [1.29, 1.82) is 0 Å². The van der Waals surface area contributed by atoms with E-state index in [1.165, 1.54) is 22.3 Å². The topological polar surface area (TPSA) is 50.1 Å². The molecule has 0 fully saturated rings. The van der Waals surface area contributed by atoms with Gasteiger partial charge in [0.15, 0.2) is 0 Å². The molecule has 154 valence electrons. The molecule has 3 nitrogen and oxygen atoms in total. The first-order valence-electron chi connectivity index (χ1n) is 10.4. The van der Waals surface area contributed by atoms with Gasteiger partial charge in [0, 0.05) is 16.1 Å². The Morgan fingerprint density at radius 1 is 0.677 bits per heavy atom. The molecule has 0 amide bonds. The largest absolute Gasteiger partial charge is 0.397 e. The minimum atomic E-state index is -0.0823. The molecular formula is C27H24ClN3. The van der Waals surface area contributed by atoms with Gasteiger partial charge in [-0.05, 0) is 64.7 Å². The molecule has 4 N–H and O–H groups in total. The summed E-state index contributed by atoms with van der Waals surface area (Å²) in [6.07, 6.45) is 0. The standard InChI is InChI=1S/C27H24ClN3/c1-27(2)21-11-4-3-10-19(21)20-15-25(31-24-13-6-5-12-23(24)29)26(16-22(20)27)30-18-9-7-8-17(28)14-18/h3-16,30-31H,29H2,1-2H3. The van der Waals surface area contributed by atoms with Crippen LogP contribution in [-0.4, -0.2) is 0 Å². The molecule has 0 aliphatic heterocycles. The third-order valence-electron chi connectivity index (χ3n) is 6.06. The first-order chi connectivity index (χ1) is 14.9. The van der Waals surface area contributed by atoms with E-state index in [0.717, 1.165) is 22.7 Å². The van der Waals surface area contributed by atoms with Crippen LogP contribution in [0.5, 0.6) is 0 Å². The highest BCUT2D eigenvalue weighted by Crippen LogP contribution is 2.51. The van der Waals surface area contributed by atoms with Crippen LogP contribution in [0.2, 0.25) is 5.02 Å². The summed E-state index contributed by atoms with van der Waals surface area (Å²) in [6.45, 7) is 4.56. The Bertz CT molecular complexity index is 1290. The van der Waals surface area contributed by atoms with Crippen LogP contribution < -0.4 is 16.4 Å². The normalized spacial score (nSPS) is 13.4. The Morgan fingerprint density at radius 2 is 1.42 bits per heavy atom. The maximum atomic E-state index is 6.23. The molecule has 0 atom stereocenters. The van der Waals surface area contributed by atoms with Crippen molar-refractivity contribution in [2.45, 2.75) is 19.3 Å². The second kappa shape index (κ2) is 7.36. The third kappa shape index (κ3) is 3.41. The van der Waals surface area contributed by atoms with Crippen LogP contribution in [0.4, 0.5) is 28.4 Å². The number of rotatable bonds is 4. The predicted octanol–water partition coefficient (Wildman–Crippen LogP) is 7.72. The summed E-state index contributed by atoms with van der Waals surface area (Å²) in [6, 6.07) is 28.7. The fourth-order valence-electron chi connectivity index (χ4n) is 4.43. The second-order valence-electron chi connectivity index (χ2n) is 8.46. The van der Waals surface area contributed by atoms with Gasteiger partial charge in [0.1, 0.15) is 0 Å². The van der Waals surface area contributed by atoms with Gasteiger partial charge in [0.2, 0.25) is 0 Å². The van der Waals surface area contributed by atoms with E-state index in [2.05, 4.69) is 60.9 Å². The lowest BCUT2D eigenvalue weighted by molar-refractivity contribution is 0.660. The van der Waals surface area contributed by atoms with E-state index in [9.17, 15) is 0 Å². The Labute approximate surface area is 187 Å². The monoisotopic (exact) mass is 425 g/mol. The van der Waals surface area contributed by atoms with Crippen LogP contribution in [0.3, 0.4) is 0 Å². The Hall–Kier alpha value is -3.43. The van der Waals surface area contributed by atoms with Gasteiger partial charge in [-0.15, -0.1) is 0 Å². The number of para-hydroxylation sites is 2. The van der Waals surface area contributed by atoms with Crippen LogP contribution in [0.25, 0.3) is 11.1 Å². The fourth-order valence-corrected chi connectivity index (χ4v) is 4.62. The zero-order valence-electron chi connectivity index (χ0n) is 17.5. The Morgan fingerprint density at radius 3 is 2.23 bits per heavy atom. The highest BCUT2D eigenvalue weighted by molar-refractivity contribution is 6.30. The highest BCUT2D eigenvalue weighted by atomic mass is 35.5. The molecule has 0 saturated heterocycles. The first kappa shape index (κ1) is 19.5. The van der Waals surface area contributed by atoms with Gasteiger partial charge in [-0.3, -0.25) is 0 Å². The molecule has 31 heavy (non-hydrogen) atoms. The quantitative estimate of drug-likeness (QED) is 0.293. The van der Waals surface area contributed by atoms with Crippen molar-refractivity contribution in [3.05, 3.63) is 101 Å². The Balaban J connectivity index is 1.68. The molecule has 0 saturated carbocycles. The minimum Gasteiger partial charge on any atom is -0.397 e. The minimum absolute atomic E-state index is 0.0823. The van der Waals surface area contributed by atoms with Crippen molar-refractivity contribution in [2.75, 3.05) is 16.4 Å². The first-order valence-corrected chi connectivity index (χ1v) is 10.7. The van der Waals surface area contributed by atoms with E-state index < -0.39 is 0 Å². The number of nitrogens with two attached hydrogens (primary N) is 1. The average molecular weight is 426 g/mol. The number of nitrogen functional groups attached to an aromatic ring is 1. The molecule has 4 aromatic rings. The zero-order valence-corrected chi connectivity index (χ0v) is 18.3. The van der Waals surface area contributed by atoms with E-state index >= 15 is 0 Å². The molecule has 4 heteroatoms. The summed E-state index contributed by atoms with van der Waals surface area (Å²) in [7, 11) is 0. The van der Waals surface area contributed by atoms with Gasteiger partial charge < -0.3 is 16.4 Å². The van der Waals surface area contributed by atoms with E-state index in [-0.39, 0.29) is 5.41 Å². The van der Waals surface area contributed by atoms with E-state index in [4.69, 9.17) is 17.3 Å². The van der Waals surface area contributed by atoms with Gasteiger partial charge in [0.25, 0.3) is 0 Å². The molecule has 0 bridgehead atoms. The lowest BCUT2D eigenvalue weighted by Crippen LogP contribution is -2.15. The third-order valence-corrected chi connectivity index (χ3v) is 6.29. The van der Waals surface area contributed by atoms with Crippen molar-refractivity contribution < 1.29 is 0 Å². The summed E-state index contributed by atoms with van der Waals surface area (Å²) in [5.74, 6) is 0. The maximum absolute atomic E-state index is 6.23. The number of halogens is 1. The highest BCUT2D eigenvalue weighted by Gasteiger charge is 2.36. The molecule has 5 rings (SSSR count). The number of anilines is 5.